The van der Waals surface area contributed by atoms with Crippen molar-refractivity contribution in [2.24, 2.45) is 5.92 Å². The number of rotatable bonds is 5. The minimum atomic E-state index is -0.951. The fourth-order valence-electron chi connectivity index (χ4n) is 2.24. The van der Waals surface area contributed by atoms with Gasteiger partial charge in [-0.15, -0.1) is 11.8 Å². The number of anilines is 1. The summed E-state index contributed by atoms with van der Waals surface area (Å²) in [6, 6.07) is 8.70. The second-order valence-electron chi connectivity index (χ2n) is 5.23. The van der Waals surface area contributed by atoms with Crippen molar-refractivity contribution in [3.8, 4) is 0 Å². The lowest BCUT2D eigenvalue weighted by Gasteiger charge is -2.19. The molecule has 1 aliphatic heterocycles. The standard InChI is InChI=1S/C15H17NO4S/c1-9(2)13(15(19)20)21-11-8-12(17)16(14(11)18)10-6-4-3-5-7-10/h3-7,9,11,13H,8H2,1-2H3,(H,19,20). The monoisotopic (exact) mass is 307 g/mol. The highest BCUT2D eigenvalue weighted by Gasteiger charge is 2.42. The molecule has 2 amide bonds. The maximum atomic E-state index is 12.4. The third-order valence-corrected chi connectivity index (χ3v) is 5.02. The number of amides is 2. The van der Waals surface area contributed by atoms with E-state index < -0.39 is 16.5 Å². The molecule has 1 saturated heterocycles. The molecule has 2 unspecified atom stereocenters. The number of hydrogen-bond donors (Lipinski definition) is 1. The number of imide groups is 1. The van der Waals surface area contributed by atoms with E-state index in [0.29, 0.717) is 5.69 Å². The quantitative estimate of drug-likeness (QED) is 0.844. The molecule has 1 aromatic rings. The lowest BCUT2D eigenvalue weighted by atomic mass is 10.1. The summed E-state index contributed by atoms with van der Waals surface area (Å²) in [5.41, 5.74) is 0.534. The van der Waals surface area contributed by atoms with Gasteiger partial charge in [0.25, 0.3) is 0 Å². The molecular formula is C15H17NO4S. The van der Waals surface area contributed by atoms with Crippen molar-refractivity contribution >= 4 is 35.2 Å². The third kappa shape index (κ3) is 3.26. The average Bonchev–Trinajstić information content (AvgIpc) is 2.71. The molecule has 1 aromatic carbocycles. The molecule has 0 saturated carbocycles. The van der Waals surface area contributed by atoms with Crippen molar-refractivity contribution in [1.29, 1.82) is 0 Å². The molecule has 0 aromatic heterocycles. The Morgan fingerprint density at radius 1 is 1.29 bits per heavy atom. The molecule has 112 valence electrons. The molecule has 2 rings (SSSR count). The summed E-state index contributed by atoms with van der Waals surface area (Å²) in [5, 5.41) is 7.89. The van der Waals surface area contributed by atoms with E-state index in [1.54, 1.807) is 44.2 Å². The van der Waals surface area contributed by atoms with Gasteiger partial charge in [-0.3, -0.25) is 14.4 Å². The minimum Gasteiger partial charge on any atom is -0.480 e. The second kappa shape index (κ2) is 6.30. The smallest absolute Gasteiger partial charge is 0.316 e. The van der Waals surface area contributed by atoms with Crippen LogP contribution < -0.4 is 4.90 Å². The Bertz CT molecular complexity index is 558. The molecule has 0 aliphatic carbocycles. The Morgan fingerprint density at radius 2 is 1.90 bits per heavy atom. The number of carboxylic acids is 1. The van der Waals surface area contributed by atoms with Crippen LogP contribution in [0, 0.1) is 5.92 Å². The number of thioether (sulfide) groups is 1. The fourth-order valence-corrected chi connectivity index (χ4v) is 3.48. The Kier molecular flexibility index (Phi) is 4.67. The second-order valence-corrected chi connectivity index (χ2v) is 6.58. The van der Waals surface area contributed by atoms with Crippen molar-refractivity contribution in [2.45, 2.75) is 30.8 Å². The topological polar surface area (TPSA) is 74.7 Å². The van der Waals surface area contributed by atoms with Crippen LogP contribution in [0.3, 0.4) is 0 Å². The molecule has 6 heteroatoms. The van der Waals surface area contributed by atoms with Gasteiger partial charge in [-0.05, 0) is 18.1 Å². The van der Waals surface area contributed by atoms with Gasteiger partial charge in [0.05, 0.1) is 10.9 Å². The number of hydrogen-bond acceptors (Lipinski definition) is 4. The molecule has 1 aliphatic rings. The number of para-hydroxylation sites is 1. The first-order valence-electron chi connectivity index (χ1n) is 6.72. The number of benzene rings is 1. The Balaban J connectivity index is 2.17. The van der Waals surface area contributed by atoms with E-state index in [-0.39, 0.29) is 24.2 Å². The van der Waals surface area contributed by atoms with Crippen LogP contribution in [0.15, 0.2) is 30.3 Å². The Labute approximate surface area is 127 Å². The van der Waals surface area contributed by atoms with E-state index in [2.05, 4.69) is 0 Å². The zero-order valence-corrected chi connectivity index (χ0v) is 12.7. The van der Waals surface area contributed by atoms with Crippen LogP contribution in [-0.2, 0) is 14.4 Å². The van der Waals surface area contributed by atoms with Gasteiger partial charge in [0.15, 0.2) is 0 Å². The van der Waals surface area contributed by atoms with Crippen LogP contribution in [-0.4, -0.2) is 33.4 Å². The zero-order chi connectivity index (χ0) is 15.6. The summed E-state index contributed by atoms with van der Waals surface area (Å²) in [7, 11) is 0. The maximum absolute atomic E-state index is 12.4. The summed E-state index contributed by atoms with van der Waals surface area (Å²) in [5.74, 6) is -1.67. The van der Waals surface area contributed by atoms with E-state index >= 15 is 0 Å². The molecule has 2 atom stereocenters. The SMILES string of the molecule is CC(C)C(SC1CC(=O)N(c2ccccc2)C1=O)C(=O)O. The molecule has 1 fully saturated rings. The largest absolute Gasteiger partial charge is 0.480 e. The number of aliphatic carboxylic acids is 1. The molecule has 5 nitrogen and oxygen atoms in total. The third-order valence-electron chi connectivity index (χ3n) is 3.28. The van der Waals surface area contributed by atoms with Crippen LogP contribution in [0.1, 0.15) is 20.3 Å². The van der Waals surface area contributed by atoms with Crippen molar-refractivity contribution in [3.05, 3.63) is 30.3 Å². The van der Waals surface area contributed by atoms with Gasteiger partial charge < -0.3 is 5.11 Å². The summed E-state index contributed by atoms with van der Waals surface area (Å²) >= 11 is 1.07. The van der Waals surface area contributed by atoms with Crippen LogP contribution in [0.5, 0.6) is 0 Å². The predicted molar refractivity (Wildman–Crippen MR) is 81.2 cm³/mol. The van der Waals surface area contributed by atoms with Crippen molar-refractivity contribution in [2.75, 3.05) is 4.90 Å². The fraction of sp³-hybridized carbons (Fsp3) is 0.400. The van der Waals surface area contributed by atoms with Gasteiger partial charge in [-0.2, -0.15) is 0 Å². The summed E-state index contributed by atoms with van der Waals surface area (Å²) < 4.78 is 0. The molecule has 0 radical (unpaired) electrons. The van der Waals surface area contributed by atoms with Gasteiger partial charge in [0.1, 0.15) is 5.25 Å². The van der Waals surface area contributed by atoms with E-state index in [1.807, 2.05) is 0 Å². The van der Waals surface area contributed by atoms with Gasteiger partial charge in [0.2, 0.25) is 11.8 Å². The number of carbonyl (C=O) groups is 3. The van der Waals surface area contributed by atoms with Gasteiger partial charge in [0, 0.05) is 6.42 Å². The van der Waals surface area contributed by atoms with E-state index in [4.69, 9.17) is 0 Å². The summed E-state index contributed by atoms with van der Waals surface area (Å²) in [6.07, 6.45) is 0.0505. The van der Waals surface area contributed by atoms with Crippen LogP contribution in [0.4, 0.5) is 5.69 Å². The highest BCUT2D eigenvalue weighted by molar-refractivity contribution is 8.02. The van der Waals surface area contributed by atoms with Crippen molar-refractivity contribution < 1.29 is 19.5 Å². The first kappa shape index (κ1) is 15.6. The highest BCUT2D eigenvalue weighted by Crippen LogP contribution is 2.34. The van der Waals surface area contributed by atoms with Crippen molar-refractivity contribution in [3.63, 3.8) is 0 Å². The van der Waals surface area contributed by atoms with Gasteiger partial charge >= 0.3 is 5.97 Å². The van der Waals surface area contributed by atoms with Crippen LogP contribution in [0.2, 0.25) is 0 Å². The molecule has 1 N–H and O–H groups in total. The lowest BCUT2D eigenvalue weighted by Crippen LogP contribution is -2.33. The zero-order valence-electron chi connectivity index (χ0n) is 11.9. The lowest BCUT2D eigenvalue weighted by molar-refractivity contribution is -0.137. The molecule has 0 spiro atoms. The first-order chi connectivity index (χ1) is 9.91. The molecule has 1 heterocycles. The summed E-state index contributed by atoms with van der Waals surface area (Å²) in [6.45, 7) is 3.59. The minimum absolute atomic E-state index is 0.0505. The highest BCUT2D eigenvalue weighted by atomic mass is 32.2. The predicted octanol–water partition coefficient (Wildman–Crippen LogP) is 2.16. The van der Waals surface area contributed by atoms with E-state index in [1.165, 1.54) is 0 Å². The van der Waals surface area contributed by atoms with E-state index in [0.717, 1.165) is 16.7 Å². The Morgan fingerprint density at radius 3 is 2.43 bits per heavy atom. The van der Waals surface area contributed by atoms with Crippen molar-refractivity contribution in [1.82, 2.24) is 0 Å². The number of nitrogens with zero attached hydrogens (tertiary/aromatic N) is 1. The normalized spacial score (nSPS) is 20.1. The molecule has 21 heavy (non-hydrogen) atoms. The van der Waals surface area contributed by atoms with E-state index in [9.17, 15) is 19.5 Å². The molecule has 0 bridgehead atoms. The van der Waals surface area contributed by atoms with Crippen LogP contribution in [0.25, 0.3) is 0 Å². The number of carboxylic acid groups (broad SMARTS) is 1. The van der Waals surface area contributed by atoms with Gasteiger partial charge in [-0.25, -0.2) is 4.90 Å². The van der Waals surface area contributed by atoms with Gasteiger partial charge in [-0.1, -0.05) is 32.0 Å². The van der Waals surface area contributed by atoms with Crippen LogP contribution >= 0.6 is 11.8 Å². The molecular weight excluding hydrogens is 290 g/mol. The average molecular weight is 307 g/mol. The summed E-state index contributed by atoms with van der Waals surface area (Å²) in [4.78, 5) is 36.8. The Hall–Kier alpha value is -1.82. The number of carbonyl (C=O) groups excluding carboxylic acids is 2. The maximum Gasteiger partial charge on any atom is 0.316 e. The first-order valence-corrected chi connectivity index (χ1v) is 7.66.